The largest absolute Gasteiger partial charge is 0.396 e. The molecule has 0 aliphatic rings. The van der Waals surface area contributed by atoms with Crippen molar-refractivity contribution in [3.05, 3.63) is 30.1 Å². The lowest BCUT2D eigenvalue weighted by Crippen LogP contribution is -2.38. The minimum absolute atomic E-state index is 0.0544. The van der Waals surface area contributed by atoms with Gasteiger partial charge in [-0.15, -0.1) is 0 Å². The zero-order valence-corrected chi connectivity index (χ0v) is 11.9. The molecule has 0 radical (unpaired) electrons. The summed E-state index contributed by atoms with van der Waals surface area (Å²) in [6.07, 6.45) is 4.85. The van der Waals surface area contributed by atoms with Crippen molar-refractivity contribution in [2.45, 2.75) is 33.1 Å². The maximum atomic E-state index is 9.57. The smallest absolute Gasteiger partial charge is 0.0499 e. The number of likely N-dealkylation sites (N-methyl/N-ethyl adjacent to an activating group) is 1. The number of hydrogen-bond donors (Lipinski definition) is 1. The standard InChI is InChI=1S/C15H26N2O/c1-4-15(5-2,13-18)12-17(3)11-9-14-8-6-7-10-16-14/h6-8,10,18H,4-5,9,11-13H2,1-3H3. The van der Waals surface area contributed by atoms with Crippen LogP contribution in [0.1, 0.15) is 32.4 Å². The summed E-state index contributed by atoms with van der Waals surface area (Å²) in [6, 6.07) is 6.03. The predicted molar refractivity (Wildman–Crippen MR) is 75.5 cm³/mol. The average Bonchev–Trinajstić information content (AvgIpc) is 2.44. The third kappa shape index (κ3) is 4.39. The van der Waals surface area contributed by atoms with E-state index in [4.69, 9.17) is 0 Å². The molecule has 0 atom stereocenters. The van der Waals surface area contributed by atoms with E-state index in [1.807, 2.05) is 18.3 Å². The number of nitrogens with zero attached hydrogens (tertiary/aromatic N) is 2. The van der Waals surface area contributed by atoms with Crippen LogP contribution >= 0.6 is 0 Å². The number of aliphatic hydroxyl groups excluding tert-OH is 1. The molecule has 0 saturated carbocycles. The van der Waals surface area contributed by atoms with E-state index in [0.717, 1.165) is 38.0 Å². The molecule has 1 heterocycles. The molecular weight excluding hydrogens is 224 g/mol. The fourth-order valence-corrected chi connectivity index (χ4v) is 2.25. The number of aliphatic hydroxyl groups is 1. The van der Waals surface area contributed by atoms with Crippen molar-refractivity contribution < 1.29 is 5.11 Å². The summed E-state index contributed by atoms with van der Waals surface area (Å²) in [4.78, 5) is 6.64. The highest BCUT2D eigenvalue weighted by Gasteiger charge is 2.26. The van der Waals surface area contributed by atoms with Crippen molar-refractivity contribution in [2.75, 3.05) is 26.7 Å². The molecule has 1 aromatic heterocycles. The van der Waals surface area contributed by atoms with Gasteiger partial charge in [0.2, 0.25) is 0 Å². The van der Waals surface area contributed by atoms with Gasteiger partial charge >= 0.3 is 0 Å². The van der Waals surface area contributed by atoms with Crippen molar-refractivity contribution in [1.82, 2.24) is 9.88 Å². The van der Waals surface area contributed by atoms with Gasteiger partial charge in [-0.3, -0.25) is 4.98 Å². The van der Waals surface area contributed by atoms with Gasteiger partial charge < -0.3 is 10.0 Å². The SMILES string of the molecule is CCC(CC)(CO)CN(C)CCc1ccccn1. The van der Waals surface area contributed by atoms with E-state index in [2.05, 4.69) is 36.8 Å². The number of pyridine rings is 1. The van der Waals surface area contributed by atoms with Crippen LogP contribution < -0.4 is 0 Å². The van der Waals surface area contributed by atoms with Crippen LogP contribution in [0.5, 0.6) is 0 Å². The highest BCUT2D eigenvalue weighted by atomic mass is 16.3. The van der Waals surface area contributed by atoms with Crippen molar-refractivity contribution in [1.29, 1.82) is 0 Å². The van der Waals surface area contributed by atoms with E-state index in [1.165, 1.54) is 0 Å². The summed E-state index contributed by atoms with van der Waals surface area (Å²) in [5.74, 6) is 0. The van der Waals surface area contributed by atoms with Gasteiger partial charge in [-0.1, -0.05) is 19.9 Å². The Morgan fingerprint density at radius 3 is 2.50 bits per heavy atom. The monoisotopic (exact) mass is 250 g/mol. The predicted octanol–water partition coefficient (Wildman–Crippen LogP) is 2.35. The van der Waals surface area contributed by atoms with Crippen molar-refractivity contribution in [3.8, 4) is 0 Å². The van der Waals surface area contributed by atoms with Gasteiger partial charge in [-0.05, 0) is 32.0 Å². The molecule has 0 aliphatic heterocycles. The second-order valence-electron chi connectivity index (χ2n) is 5.17. The Kier molecular flexibility index (Phi) is 6.30. The molecule has 102 valence electrons. The van der Waals surface area contributed by atoms with Crippen molar-refractivity contribution >= 4 is 0 Å². The van der Waals surface area contributed by atoms with Crippen LogP contribution in [-0.2, 0) is 6.42 Å². The molecule has 0 saturated heterocycles. The second-order valence-corrected chi connectivity index (χ2v) is 5.17. The Labute approximate surface area is 111 Å². The first-order valence-corrected chi connectivity index (χ1v) is 6.85. The summed E-state index contributed by atoms with van der Waals surface area (Å²) >= 11 is 0. The van der Waals surface area contributed by atoms with Gasteiger partial charge in [0.1, 0.15) is 0 Å². The molecule has 0 aliphatic carbocycles. The first-order valence-electron chi connectivity index (χ1n) is 6.85. The summed E-state index contributed by atoms with van der Waals surface area (Å²) in [6.45, 7) is 6.52. The molecular formula is C15H26N2O. The normalized spacial score (nSPS) is 12.1. The zero-order chi connectivity index (χ0) is 13.4. The Morgan fingerprint density at radius 1 is 1.28 bits per heavy atom. The molecule has 1 rings (SSSR count). The van der Waals surface area contributed by atoms with E-state index < -0.39 is 0 Å². The molecule has 0 unspecified atom stereocenters. The average molecular weight is 250 g/mol. The van der Waals surface area contributed by atoms with Crippen LogP contribution in [0.3, 0.4) is 0 Å². The van der Waals surface area contributed by atoms with Crippen LogP contribution in [0.25, 0.3) is 0 Å². The quantitative estimate of drug-likeness (QED) is 0.769. The summed E-state index contributed by atoms with van der Waals surface area (Å²) in [7, 11) is 2.12. The van der Waals surface area contributed by atoms with Gasteiger partial charge in [0.15, 0.2) is 0 Å². The Bertz CT molecular complexity index is 314. The maximum absolute atomic E-state index is 9.57. The number of rotatable bonds is 8. The summed E-state index contributed by atoms with van der Waals surface area (Å²) in [5.41, 5.74) is 1.19. The molecule has 1 N–H and O–H groups in total. The van der Waals surface area contributed by atoms with E-state index in [0.29, 0.717) is 0 Å². The van der Waals surface area contributed by atoms with Crippen LogP contribution in [0.15, 0.2) is 24.4 Å². The lowest BCUT2D eigenvalue weighted by atomic mass is 9.83. The first-order chi connectivity index (χ1) is 8.65. The lowest BCUT2D eigenvalue weighted by Gasteiger charge is -2.34. The van der Waals surface area contributed by atoms with Gasteiger partial charge in [0.05, 0.1) is 0 Å². The molecule has 0 spiro atoms. The molecule has 3 heteroatoms. The van der Waals surface area contributed by atoms with E-state index >= 15 is 0 Å². The van der Waals surface area contributed by atoms with Crippen molar-refractivity contribution in [2.24, 2.45) is 5.41 Å². The van der Waals surface area contributed by atoms with Gasteiger partial charge in [-0.25, -0.2) is 0 Å². The van der Waals surface area contributed by atoms with E-state index in [9.17, 15) is 5.11 Å². The fraction of sp³-hybridized carbons (Fsp3) is 0.667. The third-order valence-electron chi connectivity index (χ3n) is 3.92. The van der Waals surface area contributed by atoms with E-state index in [-0.39, 0.29) is 12.0 Å². The lowest BCUT2D eigenvalue weighted by molar-refractivity contribution is 0.0759. The van der Waals surface area contributed by atoms with Crippen LogP contribution in [0.2, 0.25) is 0 Å². The third-order valence-corrected chi connectivity index (χ3v) is 3.92. The molecule has 1 aromatic rings. The Morgan fingerprint density at radius 2 is 2.00 bits per heavy atom. The minimum atomic E-state index is 0.0544. The number of aromatic nitrogens is 1. The minimum Gasteiger partial charge on any atom is -0.396 e. The molecule has 0 aromatic carbocycles. The maximum Gasteiger partial charge on any atom is 0.0499 e. The zero-order valence-electron chi connectivity index (χ0n) is 11.9. The van der Waals surface area contributed by atoms with Gasteiger partial charge in [0, 0.05) is 43.4 Å². The van der Waals surface area contributed by atoms with Crippen molar-refractivity contribution in [3.63, 3.8) is 0 Å². The van der Waals surface area contributed by atoms with Crippen LogP contribution in [-0.4, -0.2) is 41.7 Å². The number of hydrogen-bond acceptors (Lipinski definition) is 3. The molecule has 18 heavy (non-hydrogen) atoms. The topological polar surface area (TPSA) is 36.4 Å². The van der Waals surface area contributed by atoms with Gasteiger partial charge in [0.25, 0.3) is 0 Å². The van der Waals surface area contributed by atoms with Gasteiger partial charge in [-0.2, -0.15) is 0 Å². The fourth-order valence-electron chi connectivity index (χ4n) is 2.25. The Balaban J connectivity index is 2.43. The van der Waals surface area contributed by atoms with Crippen LogP contribution in [0, 0.1) is 5.41 Å². The summed E-state index contributed by atoms with van der Waals surface area (Å²) in [5, 5.41) is 9.57. The highest BCUT2D eigenvalue weighted by molar-refractivity contribution is 5.03. The second kappa shape index (κ2) is 7.49. The molecule has 0 fully saturated rings. The molecule has 0 bridgehead atoms. The Hall–Kier alpha value is -0.930. The molecule has 3 nitrogen and oxygen atoms in total. The summed E-state index contributed by atoms with van der Waals surface area (Å²) < 4.78 is 0. The van der Waals surface area contributed by atoms with Crippen LogP contribution in [0.4, 0.5) is 0 Å². The van der Waals surface area contributed by atoms with E-state index in [1.54, 1.807) is 0 Å². The first kappa shape index (κ1) is 15.1. The molecule has 0 amide bonds. The highest BCUT2D eigenvalue weighted by Crippen LogP contribution is 2.26.